The lowest BCUT2D eigenvalue weighted by Crippen LogP contribution is -2.26. The van der Waals surface area contributed by atoms with Crippen LogP contribution in [0.5, 0.6) is 0 Å². The standard InChI is InChI=1S/C14H20N4/c1-10-3-2-4-11(7-10)14(15)12-8-17-18-6-5-16-9-13(12)18/h5-6,8-11,14H,2-4,7,15H2,1H3. The van der Waals surface area contributed by atoms with Crippen molar-refractivity contribution in [2.75, 3.05) is 0 Å². The Kier molecular flexibility index (Phi) is 3.04. The van der Waals surface area contributed by atoms with Crippen molar-refractivity contribution in [1.29, 1.82) is 0 Å². The van der Waals surface area contributed by atoms with E-state index in [1.54, 1.807) is 6.20 Å². The second-order valence-electron chi connectivity index (χ2n) is 5.56. The van der Waals surface area contributed by atoms with Gasteiger partial charge in [0.2, 0.25) is 0 Å². The van der Waals surface area contributed by atoms with Crippen molar-refractivity contribution in [2.24, 2.45) is 17.6 Å². The fraction of sp³-hybridized carbons (Fsp3) is 0.571. The van der Waals surface area contributed by atoms with Crippen molar-refractivity contribution >= 4 is 5.52 Å². The maximum Gasteiger partial charge on any atom is 0.0892 e. The van der Waals surface area contributed by atoms with Crippen molar-refractivity contribution in [3.05, 3.63) is 30.4 Å². The van der Waals surface area contributed by atoms with Crippen LogP contribution >= 0.6 is 0 Å². The lowest BCUT2D eigenvalue weighted by atomic mass is 9.77. The van der Waals surface area contributed by atoms with Gasteiger partial charge in [-0.05, 0) is 24.7 Å². The Balaban J connectivity index is 1.89. The van der Waals surface area contributed by atoms with Crippen molar-refractivity contribution in [3.8, 4) is 0 Å². The van der Waals surface area contributed by atoms with Crippen LogP contribution in [0.2, 0.25) is 0 Å². The average molecular weight is 244 g/mol. The van der Waals surface area contributed by atoms with Crippen LogP contribution in [0.25, 0.3) is 5.52 Å². The molecule has 2 aromatic heterocycles. The van der Waals surface area contributed by atoms with Gasteiger partial charge in [-0.1, -0.05) is 19.8 Å². The Bertz CT molecular complexity index is 533. The molecule has 2 heterocycles. The maximum absolute atomic E-state index is 6.46. The van der Waals surface area contributed by atoms with Crippen LogP contribution in [-0.2, 0) is 0 Å². The second-order valence-corrected chi connectivity index (χ2v) is 5.56. The highest BCUT2D eigenvalue weighted by Gasteiger charge is 2.27. The first-order chi connectivity index (χ1) is 8.75. The zero-order chi connectivity index (χ0) is 12.5. The number of aromatic nitrogens is 3. The molecular weight excluding hydrogens is 224 g/mol. The zero-order valence-electron chi connectivity index (χ0n) is 10.8. The molecule has 2 aromatic rings. The van der Waals surface area contributed by atoms with E-state index in [1.165, 1.54) is 25.7 Å². The molecule has 4 nitrogen and oxygen atoms in total. The number of hydrogen-bond acceptors (Lipinski definition) is 3. The fourth-order valence-electron chi connectivity index (χ4n) is 3.17. The molecular formula is C14H20N4. The molecule has 1 aliphatic rings. The minimum absolute atomic E-state index is 0.0921. The summed E-state index contributed by atoms with van der Waals surface area (Å²) in [6.45, 7) is 2.33. The SMILES string of the molecule is CC1CCCC(C(N)c2cnn3ccncc23)C1. The minimum atomic E-state index is 0.0921. The van der Waals surface area contributed by atoms with Crippen molar-refractivity contribution in [2.45, 2.75) is 38.6 Å². The summed E-state index contributed by atoms with van der Waals surface area (Å²) in [5, 5.41) is 4.35. The molecule has 0 saturated heterocycles. The van der Waals surface area contributed by atoms with Crippen molar-refractivity contribution in [1.82, 2.24) is 14.6 Å². The molecule has 0 amide bonds. The fourth-order valence-corrected chi connectivity index (χ4v) is 3.17. The molecule has 3 atom stereocenters. The van der Waals surface area contributed by atoms with Gasteiger partial charge < -0.3 is 5.73 Å². The highest BCUT2D eigenvalue weighted by atomic mass is 15.2. The van der Waals surface area contributed by atoms with E-state index in [2.05, 4.69) is 17.0 Å². The van der Waals surface area contributed by atoms with E-state index in [4.69, 9.17) is 5.73 Å². The first kappa shape index (κ1) is 11.7. The van der Waals surface area contributed by atoms with Crippen LogP contribution < -0.4 is 5.73 Å². The van der Waals surface area contributed by atoms with Crippen LogP contribution in [0, 0.1) is 11.8 Å². The first-order valence-corrected chi connectivity index (χ1v) is 6.78. The smallest absolute Gasteiger partial charge is 0.0892 e. The minimum Gasteiger partial charge on any atom is -0.324 e. The van der Waals surface area contributed by atoms with Gasteiger partial charge in [0.1, 0.15) is 0 Å². The van der Waals surface area contributed by atoms with Gasteiger partial charge in [-0.2, -0.15) is 5.10 Å². The largest absolute Gasteiger partial charge is 0.324 e. The first-order valence-electron chi connectivity index (χ1n) is 6.78. The van der Waals surface area contributed by atoms with Crippen LogP contribution in [0.4, 0.5) is 0 Å². The Morgan fingerprint density at radius 3 is 3.11 bits per heavy atom. The summed E-state index contributed by atoms with van der Waals surface area (Å²) in [5.74, 6) is 1.39. The molecule has 2 N–H and O–H groups in total. The number of hydrogen-bond donors (Lipinski definition) is 1. The van der Waals surface area contributed by atoms with Gasteiger partial charge in [-0.15, -0.1) is 0 Å². The number of nitrogens with zero attached hydrogens (tertiary/aromatic N) is 3. The molecule has 0 aromatic carbocycles. The summed E-state index contributed by atoms with van der Waals surface area (Å²) in [6.07, 6.45) is 12.5. The molecule has 1 aliphatic carbocycles. The van der Waals surface area contributed by atoms with Gasteiger partial charge in [-0.3, -0.25) is 4.98 Å². The third-order valence-electron chi connectivity index (χ3n) is 4.20. The molecule has 1 fully saturated rings. The van der Waals surface area contributed by atoms with Crippen molar-refractivity contribution in [3.63, 3.8) is 0 Å². The predicted octanol–water partition coefficient (Wildman–Crippen LogP) is 2.56. The molecule has 4 heteroatoms. The van der Waals surface area contributed by atoms with Crippen LogP contribution in [0.15, 0.2) is 24.8 Å². The number of rotatable bonds is 2. The van der Waals surface area contributed by atoms with Crippen molar-refractivity contribution < 1.29 is 0 Å². The number of nitrogens with two attached hydrogens (primary N) is 1. The average Bonchev–Trinajstić information content (AvgIpc) is 2.82. The lowest BCUT2D eigenvalue weighted by molar-refractivity contribution is 0.248. The van der Waals surface area contributed by atoms with E-state index >= 15 is 0 Å². The Labute approximate surface area is 107 Å². The van der Waals surface area contributed by atoms with E-state index < -0.39 is 0 Å². The molecule has 0 bridgehead atoms. The molecule has 3 rings (SSSR count). The Morgan fingerprint density at radius 1 is 1.39 bits per heavy atom. The van der Waals surface area contributed by atoms with Gasteiger partial charge in [0, 0.05) is 24.0 Å². The molecule has 0 radical (unpaired) electrons. The van der Waals surface area contributed by atoms with E-state index in [9.17, 15) is 0 Å². The Hall–Kier alpha value is -1.42. The van der Waals surface area contributed by atoms with Gasteiger partial charge in [-0.25, -0.2) is 4.52 Å². The number of fused-ring (bicyclic) bond motifs is 1. The summed E-state index contributed by atoms with van der Waals surface area (Å²) in [5.41, 5.74) is 8.65. The summed E-state index contributed by atoms with van der Waals surface area (Å²) in [6, 6.07) is 0.0921. The van der Waals surface area contributed by atoms with E-state index in [0.29, 0.717) is 5.92 Å². The van der Waals surface area contributed by atoms with E-state index in [0.717, 1.165) is 17.0 Å². The predicted molar refractivity (Wildman–Crippen MR) is 71.0 cm³/mol. The molecule has 18 heavy (non-hydrogen) atoms. The topological polar surface area (TPSA) is 56.2 Å². The highest BCUT2D eigenvalue weighted by Crippen LogP contribution is 2.36. The third-order valence-corrected chi connectivity index (χ3v) is 4.20. The van der Waals surface area contributed by atoms with Gasteiger partial charge in [0.15, 0.2) is 0 Å². The Morgan fingerprint density at radius 2 is 2.28 bits per heavy atom. The van der Waals surface area contributed by atoms with E-state index in [1.807, 2.05) is 23.1 Å². The van der Waals surface area contributed by atoms with Gasteiger partial charge in [0.05, 0.1) is 17.9 Å². The molecule has 96 valence electrons. The van der Waals surface area contributed by atoms with Crippen LogP contribution in [0.1, 0.15) is 44.2 Å². The normalized spacial score (nSPS) is 26.3. The summed E-state index contributed by atoms with van der Waals surface area (Å²) in [4.78, 5) is 4.17. The maximum atomic E-state index is 6.46. The van der Waals surface area contributed by atoms with Gasteiger partial charge in [0.25, 0.3) is 0 Å². The highest BCUT2D eigenvalue weighted by molar-refractivity contribution is 5.53. The van der Waals surface area contributed by atoms with E-state index in [-0.39, 0.29) is 6.04 Å². The van der Waals surface area contributed by atoms with Crippen LogP contribution in [-0.4, -0.2) is 14.6 Å². The third kappa shape index (κ3) is 2.01. The molecule has 0 aliphatic heterocycles. The monoisotopic (exact) mass is 244 g/mol. The molecule has 1 saturated carbocycles. The van der Waals surface area contributed by atoms with Crippen LogP contribution in [0.3, 0.4) is 0 Å². The lowest BCUT2D eigenvalue weighted by Gasteiger charge is -2.30. The molecule has 0 spiro atoms. The zero-order valence-corrected chi connectivity index (χ0v) is 10.8. The summed E-state index contributed by atoms with van der Waals surface area (Å²) < 4.78 is 1.86. The second kappa shape index (κ2) is 4.69. The van der Waals surface area contributed by atoms with Gasteiger partial charge >= 0.3 is 0 Å². The summed E-state index contributed by atoms with van der Waals surface area (Å²) in [7, 11) is 0. The molecule has 3 unspecified atom stereocenters. The quantitative estimate of drug-likeness (QED) is 0.883. The summed E-state index contributed by atoms with van der Waals surface area (Å²) >= 11 is 0.